The number of hydrogen-bond donors (Lipinski definition) is 1. The van der Waals surface area contributed by atoms with Crippen molar-refractivity contribution in [3.8, 4) is 0 Å². The molecule has 1 rings (SSSR count). The first-order valence-corrected chi connectivity index (χ1v) is 4.09. The Balaban J connectivity index is 2.45. The number of epoxide rings is 1. The van der Waals surface area contributed by atoms with Crippen LogP contribution in [0.4, 0.5) is 0 Å². The molecule has 1 radical (unpaired) electrons. The minimum atomic E-state index is -0.199. The molecule has 11 heavy (non-hydrogen) atoms. The van der Waals surface area contributed by atoms with E-state index in [-0.39, 0.29) is 10.8 Å². The lowest BCUT2D eigenvalue weighted by Crippen LogP contribution is -2.45. The van der Waals surface area contributed by atoms with Gasteiger partial charge >= 0.3 is 0 Å². The van der Waals surface area contributed by atoms with Gasteiger partial charge < -0.3 is 10.5 Å². The molecule has 1 aliphatic rings. The zero-order valence-electron chi connectivity index (χ0n) is 7.85. The molecule has 0 aliphatic carbocycles. The molecule has 63 valence electrons. The van der Waals surface area contributed by atoms with Gasteiger partial charge in [-0.15, -0.1) is 0 Å². The number of nitrogens with two attached hydrogens (primary N) is 1. The van der Waals surface area contributed by atoms with E-state index >= 15 is 0 Å². The molecule has 1 saturated heterocycles. The first-order valence-electron chi connectivity index (χ1n) is 4.09. The molecule has 0 bridgehead atoms. The van der Waals surface area contributed by atoms with Gasteiger partial charge in [-0.05, 0) is 10.8 Å². The summed E-state index contributed by atoms with van der Waals surface area (Å²) in [6.45, 7) is 9.24. The zero-order chi connectivity index (χ0) is 8.70. The first kappa shape index (κ1) is 9.08. The zero-order valence-corrected chi connectivity index (χ0v) is 7.85. The Hall–Kier alpha value is -0.0151. The van der Waals surface area contributed by atoms with E-state index in [9.17, 15) is 0 Å². The van der Waals surface area contributed by atoms with Crippen LogP contribution in [-0.2, 0) is 4.74 Å². The largest absolute Gasteiger partial charge is 0.373 e. The molecule has 3 heteroatoms. The van der Waals surface area contributed by atoms with Gasteiger partial charge in [-0.25, -0.2) is 0 Å². The van der Waals surface area contributed by atoms with Crippen LogP contribution in [0.5, 0.6) is 0 Å². The number of hydrogen-bond acceptors (Lipinski definition) is 2. The van der Waals surface area contributed by atoms with Crippen molar-refractivity contribution in [3.05, 3.63) is 0 Å². The standard InChI is InChI=1S/C8H17BNO/c1-7(2,6-5-11-6)9-8(3,4)10/h6H,5,10H2,1-4H3. The molecule has 0 spiro atoms. The van der Waals surface area contributed by atoms with Crippen LogP contribution in [0, 0.1) is 0 Å². The lowest BCUT2D eigenvalue weighted by Gasteiger charge is -2.29. The minimum absolute atomic E-state index is 0.123. The summed E-state index contributed by atoms with van der Waals surface area (Å²) in [6.07, 6.45) is 0.394. The Labute approximate surface area is 69.7 Å². The predicted octanol–water partition coefficient (Wildman–Crippen LogP) is 0.983. The summed E-state index contributed by atoms with van der Waals surface area (Å²) in [5, 5.41) is 0.123. The summed E-state index contributed by atoms with van der Waals surface area (Å²) in [5.41, 5.74) is 5.68. The maximum absolute atomic E-state index is 5.88. The van der Waals surface area contributed by atoms with E-state index in [1.807, 2.05) is 13.8 Å². The van der Waals surface area contributed by atoms with Crippen LogP contribution in [0.1, 0.15) is 27.7 Å². The van der Waals surface area contributed by atoms with Crippen molar-refractivity contribution in [3.63, 3.8) is 0 Å². The van der Waals surface area contributed by atoms with Gasteiger partial charge in [0.2, 0.25) is 0 Å². The molecule has 0 aromatic carbocycles. The Kier molecular flexibility index (Phi) is 2.06. The van der Waals surface area contributed by atoms with Crippen molar-refractivity contribution < 1.29 is 4.74 Å². The number of ether oxygens (including phenoxy) is 1. The molecule has 0 saturated carbocycles. The minimum Gasteiger partial charge on any atom is -0.373 e. The van der Waals surface area contributed by atoms with Crippen LogP contribution in [0.3, 0.4) is 0 Å². The molecular weight excluding hydrogens is 137 g/mol. The van der Waals surface area contributed by atoms with Gasteiger partial charge in [0.1, 0.15) is 7.28 Å². The van der Waals surface area contributed by atoms with Crippen molar-refractivity contribution in [1.82, 2.24) is 0 Å². The summed E-state index contributed by atoms with van der Waals surface area (Å²) in [5.74, 6) is 0. The van der Waals surface area contributed by atoms with E-state index in [1.54, 1.807) is 0 Å². The molecular formula is C8H17BNO. The fraction of sp³-hybridized carbons (Fsp3) is 1.00. The Morgan fingerprint density at radius 3 is 2.09 bits per heavy atom. The predicted molar refractivity (Wildman–Crippen MR) is 47.8 cm³/mol. The normalized spacial score (nSPS) is 25.0. The van der Waals surface area contributed by atoms with Gasteiger partial charge in [0.25, 0.3) is 0 Å². The van der Waals surface area contributed by atoms with Crippen molar-refractivity contribution in [2.75, 3.05) is 6.61 Å². The van der Waals surface area contributed by atoms with Crippen molar-refractivity contribution >= 4 is 7.28 Å². The van der Waals surface area contributed by atoms with Gasteiger partial charge in [-0.3, -0.25) is 0 Å². The third-order valence-corrected chi connectivity index (χ3v) is 1.91. The van der Waals surface area contributed by atoms with Crippen molar-refractivity contribution in [2.24, 2.45) is 5.73 Å². The second-order valence-electron chi connectivity index (χ2n) is 4.61. The van der Waals surface area contributed by atoms with Crippen LogP contribution in [0.2, 0.25) is 5.31 Å². The average molecular weight is 154 g/mol. The Morgan fingerprint density at radius 1 is 1.36 bits per heavy atom. The highest BCUT2D eigenvalue weighted by molar-refractivity contribution is 6.44. The lowest BCUT2D eigenvalue weighted by atomic mass is 9.43. The van der Waals surface area contributed by atoms with Gasteiger partial charge in [-0.1, -0.05) is 27.7 Å². The topological polar surface area (TPSA) is 38.5 Å². The van der Waals surface area contributed by atoms with Gasteiger partial charge in [0.15, 0.2) is 0 Å². The highest BCUT2D eigenvalue weighted by Gasteiger charge is 2.42. The molecule has 1 aliphatic heterocycles. The quantitative estimate of drug-likeness (QED) is 0.486. The van der Waals surface area contributed by atoms with Crippen LogP contribution < -0.4 is 5.73 Å². The molecule has 0 aromatic heterocycles. The number of rotatable bonds is 3. The fourth-order valence-corrected chi connectivity index (χ4v) is 1.53. The van der Waals surface area contributed by atoms with E-state index in [1.165, 1.54) is 0 Å². The monoisotopic (exact) mass is 154 g/mol. The Morgan fingerprint density at radius 2 is 1.82 bits per heavy atom. The highest BCUT2D eigenvalue weighted by atomic mass is 16.6. The first-order chi connectivity index (χ1) is 4.81. The van der Waals surface area contributed by atoms with Crippen LogP contribution in [-0.4, -0.2) is 25.4 Å². The van der Waals surface area contributed by atoms with E-state index in [0.29, 0.717) is 6.10 Å². The second-order valence-corrected chi connectivity index (χ2v) is 4.61. The lowest BCUT2D eigenvalue weighted by molar-refractivity contribution is 0.359. The molecule has 1 unspecified atom stereocenters. The van der Waals surface area contributed by atoms with E-state index in [2.05, 4.69) is 21.1 Å². The summed E-state index contributed by atoms with van der Waals surface area (Å²) in [7, 11) is 2.16. The van der Waals surface area contributed by atoms with Crippen molar-refractivity contribution in [1.29, 1.82) is 0 Å². The van der Waals surface area contributed by atoms with Crippen LogP contribution in [0.25, 0.3) is 0 Å². The molecule has 0 amide bonds. The molecule has 1 atom stereocenters. The summed E-state index contributed by atoms with van der Waals surface area (Å²) < 4.78 is 5.23. The molecule has 2 nitrogen and oxygen atoms in total. The molecule has 2 N–H and O–H groups in total. The van der Waals surface area contributed by atoms with Gasteiger partial charge in [0.05, 0.1) is 12.7 Å². The molecule has 1 heterocycles. The van der Waals surface area contributed by atoms with Gasteiger partial charge in [-0.2, -0.15) is 0 Å². The maximum atomic E-state index is 5.88. The molecule has 0 aromatic rings. The average Bonchev–Trinajstić information content (AvgIpc) is 2.30. The van der Waals surface area contributed by atoms with Crippen molar-refractivity contribution in [2.45, 2.75) is 44.6 Å². The fourth-order valence-electron chi connectivity index (χ4n) is 1.53. The van der Waals surface area contributed by atoms with E-state index in [0.717, 1.165) is 6.61 Å². The summed E-state index contributed by atoms with van der Waals surface area (Å²) in [6, 6.07) is 0. The summed E-state index contributed by atoms with van der Waals surface area (Å²) >= 11 is 0. The van der Waals surface area contributed by atoms with E-state index < -0.39 is 0 Å². The SMILES string of the molecule is CC(C)(N)[B]C(C)(C)C1CO1. The summed E-state index contributed by atoms with van der Waals surface area (Å²) in [4.78, 5) is 0. The third kappa shape index (κ3) is 2.84. The van der Waals surface area contributed by atoms with Crippen LogP contribution in [0.15, 0.2) is 0 Å². The van der Waals surface area contributed by atoms with Crippen LogP contribution >= 0.6 is 0 Å². The molecule has 1 fully saturated rings. The smallest absolute Gasteiger partial charge is 0.146 e. The highest BCUT2D eigenvalue weighted by Crippen LogP contribution is 2.39. The van der Waals surface area contributed by atoms with E-state index in [4.69, 9.17) is 10.5 Å². The second kappa shape index (κ2) is 2.49. The van der Waals surface area contributed by atoms with Gasteiger partial charge in [0, 0.05) is 0 Å². The third-order valence-electron chi connectivity index (χ3n) is 1.91. The Bertz CT molecular complexity index is 147. The maximum Gasteiger partial charge on any atom is 0.146 e.